The molecule has 1 fully saturated rings. The van der Waals surface area contributed by atoms with Gasteiger partial charge in [-0.2, -0.15) is 0 Å². The summed E-state index contributed by atoms with van der Waals surface area (Å²) in [6, 6.07) is 0. The minimum Gasteiger partial charge on any atom is -0.480 e. The lowest BCUT2D eigenvalue weighted by molar-refractivity contribution is -0.870. The molecular formula is C19H46N5O9+. The van der Waals surface area contributed by atoms with Crippen molar-refractivity contribution in [3.05, 3.63) is 12.7 Å². The maximum Gasteiger partial charge on any atom is 0.317 e. The second-order valence-corrected chi connectivity index (χ2v) is 6.96. The third-order valence-corrected chi connectivity index (χ3v) is 2.49. The molecule has 0 atom stereocenters. The first-order valence-electron chi connectivity index (χ1n) is 9.78. The van der Waals surface area contributed by atoms with Crippen molar-refractivity contribution < 1.29 is 49.8 Å². The van der Waals surface area contributed by atoms with Gasteiger partial charge in [0.05, 0.1) is 67.3 Å². The summed E-state index contributed by atoms with van der Waals surface area (Å²) in [5, 5.41) is 64.6. The van der Waals surface area contributed by atoms with Crippen LogP contribution in [0.5, 0.6) is 0 Å². The number of aliphatic hydroxyl groups is 6. The van der Waals surface area contributed by atoms with E-state index in [2.05, 4.69) is 38.8 Å². The summed E-state index contributed by atoms with van der Waals surface area (Å²) in [5.74, 6) is -0.877. The summed E-state index contributed by atoms with van der Waals surface area (Å²) in [5.41, 5.74) is 4.57. The maximum atomic E-state index is 10.4. The van der Waals surface area contributed by atoms with Crippen LogP contribution in [0.4, 0.5) is 0 Å². The number of hydrogen-bond donors (Lipinski definition) is 10. The summed E-state index contributed by atoms with van der Waals surface area (Å²) in [4.78, 5) is 21.2. The predicted molar refractivity (Wildman–Crippen MR) is 125 cm³/mol. The van der Waals surface area contributed by atoms with E-state index in [4.69, 9.17) is 41.2 Å². The number of aliphatic hydroxyl groups excluding tert-OH is 6. The van der Waals surface area contributed by atoms with E-state index in [0.29, 0.717) is 6.54 Å². The number of nitrogens with one attached hydrogen (secondary N) is 2. The van der Waals surface area contributed by atoms with E-state index in [1.807, 2.05) is 6.92 Å². The van der Waals surface area contributed by atoms with Gasteiger partial charge in [0.15, 0.2) is 5.96 Å². The number of amides is 1. The van der Waals surface area contributed by atoms with Crippen molar-refractivity contribution >= 4 is 17.8 Å². The zero-order chi connectivity index (χ0) is 27.5. The molecule has 1 amide bonds. The lowest BCUT2D eigenvalue weighted by Gasteiger charge is -2.21. The largest absolute Gasteiger partial charge is 0.480 e. The highest BCUT2D eigenvalue weighted by molar-refractivity contribution is 6.02. The van der Waals surface area contributed by atoms with Crippen molar-refractivity contribution in [1.29, 1.82) is 5.41 Å². The van der Waals surface area contributed by atoms with E-state index >= 15 is 0 Å². The molecule has 0 saturated carbocycles. The average Bonchev–Trinajstić information content (AvgIpc) is 3.03. The van der Waals surface area contributed by atoms with Gasteiger partial charge < -0.3 is 50.9 Å². The second kappa shape index (κ2) is 29.8. The monoisotopic (exact) mass is 488 g/mol. The number of nitrogens with zero attached hydrogens (tertiary/aromatic N) is 2. The topological polar surface area (TPSA) is 241 Å². The number of aliphatic carboxylic acids is 1. The molecule has 0 aromatic carbocycles. The van der Waals surface area contributed by atoms with Gasteiger partial charge >= 0.3 is 5.97 Å². The van der Waals surface area contributed by atoms with Crippen molar-refractivity contribution in [2.75, 3.05) is 80.9 Å². The van der Waals surface area contributed by atoms with Crippen molar-refractivity contribution in [3.8, 4) is 0 Å². The van der Waals surface area contributed by atoms with E-state index < -0.39 is 12.1 Å². The minimum atomic E-state index is -0.968. The fourth-order valence-corrected chi connectivity index (χ4v) is 0.919. The Bertz CT molecular complexity index is 469. The number of carbonyl (C=O) groups is 2. The van der Waals surface area contributed by atoms with Crippen LogP contribution in [0.2, 0.25) is 0 Å². The van der Waals surface area contributed by atoms with E-state index in [9.17, 15) is 9.59 Å². The summed E-state index contributed by atoms with van der Waals surface area (Å²) < 4.78 is 0.844. The van der Waals surface area contributed by atoms with E-state index in [1.165, 1.54) is 0 Å². The second-order valence-electron chi connectivity index (χ2n) is 6.96. The van der Waals surface area contributed by atoms with Crippen molar-refractivity contribution in [1.82, 2.24) is 10.2 Å². The summed E-state index contributed by atoms with van der Waals surface area (Å²) in [7, 11) is 7.85. The van der Waals surface area contributed by atoms with Crippen LogP contribution in [-0.4, -0.2) is 150 Å². The Labute approximate surface area is 196 Å². The first kappa shape index (κ1) is 41.1. The van der Waals surface area contributed by atoms with Gasteiger partial charge in [-0.05, 0) is 6.92 Å². The number of quaternary nitrogens is 1. The lowest BCUT2D eigenvalue weighted by Crippen LogP contribution is -2.36. The number of carboxylic acid groups (broad SMARTS) is 1. The average molecular weight is 489 g/mol. The Morgan fingerprint density at radius 3 is 1.58 bits per heavy atom. The number of carbonyl (C=O) groups excluding carboxylic acids is 1. The van der Waals surface area contributed by atoms with Crippen LogP contribution in [0.25, 0.3) is 0 Å². The van der Waals surface area contributed by atoms with Gasteiger partial charge in [-0.3, -0.25) is 20.3 Å². The molecular weight excluding hydrogens is 442 g/mol. The Morgan fingerprint density at radius 2 is 1.55 bits per heavy atom. The lowest BCUT2D eigenvalue weighted by atomic mass is 10.4. The SMILES string of the molecule is C=CC.CN1CC(=O)NC1=N.C[N+](C)(C)CCO.NCC(=O)O.OCC(O)CO.OCCO. The van der Waals surface area contributed by atoms with Crippen LogP contribution in [0.3, 0.4) is 0 Å². The molecule has 33 heavy (non-hydrogen) atoms. The highest BCUT2D eigenvalue weighted by Gasteiger charge is 2.18. The summed E-state index contributed by atoms with van der Waals surface area (Å²) in [6.45, 7) is 5.43. The molecule has 14 heteroatoms. The molecule has 0 unspecified atom stereocenters. The van der Waals surface area contributed by atoms with Crippen LogP contribution in [-0.2, 0) is 9.59 Å². The Kier molecular flexibility index (Phi) is 37.2. The Balaban J connectivity index is -0.0000000979. The van der Waals surface area contributed by atoms with Crippen molar-refractivity contribution in [3.63, 3.8) is 0 Å². The van der Waals surface area contributed by atoms with E-state index in [0.717, 1.165) is 11.0 Å². The fraction of sp³-hybridized carbons (Fsp3) is 0.737. The number of likely N-dealkylation sites (N-methyl/N-ethyl adjacent to an activating group) is 2. The molecule has 14 nitrogen and oxygen atoms in total. The molecule has 0 spiro atoms. The van der Waals surface area contributed by atoms with Crippen molar-refractivity contribution in [2.24, 2.45) is 5.73 Å². The van der Waals surface area contributed by atoms with Crippen LogP contribution < -0.4 is 11.1 Å². The number of rotatable bonds is 6. The molecule has 0 aromatic heterocycles. The molecule has 1 aliphatic rings. The predicted octanol–water partition coefficient (Wildman–Crippen LogP) is -3.81. The molecule has 1 rings (SSSR count). The number of nitrogens with two attached hydrogens (primary N) is 1. The highest BCUT2D eigenvalue weighted by Crippen LogP contribution is 1.89. The zero-order valence-corrected chi connectivity index (χ0v) is 20.4. The molecule has 0 bridgehead atoms. The number of allylic oxidation sites excluding steroid dienone is 1. The number of guanidine groups is 1. The first-order valence-corrected chi connectivity index (χ1v) is 9.78. The van der Waals surface area contributed by atoms with Gasteiger partial charge in [-0.15, -0.1) is 6.58 Å². The molecule has 1 saturated heterocycles. The fourth-order valence-electron chi connectivity index (χ4n) is 0.919. The van der Waals surface area contributed by atoms with Gasteiger partial charge in [-0.1, -0.05) is 6.08 Å². The number of hydrogen-bond acceptors (Lipinski definition) is 10. The van der Waals surface area contributed by atoms with Crippen molar-refractivity contribution in [2.45, 2.75) is 13.0 Å². The minimum absolute atomic E-state index is 0.0995. The van der Waals surface area contributed by atoms with Crippen LogP contribution >= 0.6 is 0 Å². The van der Waals surface area contributed by atoms with Gasteiger partial charge in [-0.25, -0.2) is 0 Å². The Hall–Kier alpha value is -2.17. The zero-order valence-electron chi connectivity index (χ0n) is 20.4. The summed E-state index contributed by atoms with van der Waals surface area (Å²) >= 11 is 0. The van der Waals surface area contributed by atoms with Crippen LogP contribution in [0.1, 0.15) is 6.92 Å². The highest BCUT2D eigenvalue weighted by atomic mass is 16.4. The molecule has 0 aromatic rings. The smallest absolute Gasteiger partial charge is 0.317 e. The third kappa shape index (κ3) is 53.2. The first-order chi connectivity index (χ1) is 15.2. The number of carboxylic acids is 1. The van der Waals surface area contributed by atoms with Gasteiger partial charge in [0.25, 0.3) is 0 Å². The molecule has 1 aliphatic heterocycles. The maximum absolute atomic E-state index is 10.4. The molecule has 0 radical (unpaired) electrons. The van der Waals surface area contributed by atoms with Gasteiger partial charge in [0.1, 0.15) is 12.6 Å². The third-order valence-electron chi connectivity index (χ3n) is 2.49. The van der Waals surface area contributed by atoms with Crippen LogP contribution in [0, 0.1) is 5.41 Å². The normalized spacial score (nSPS) is 11.5. The van der Waals surface area contributed by atoms with Gasteiger partial charge in [0, 0.05) is 7.05 Å². The Morgan fingerprint density at radius 1 is 1.18 bits per heavy atom. The van der Waals surface area contributed by atoms with E-state index in [-0.39, 0.29) is 51.4 Å². The van der Waals surface area contributed by atoms with E-state index in [1.54, 1.807) is 18.0 Å². The molecule has 200 valence electrons. The standard InChI is InChI=1S/C5H14NO.C4H7N3O.C3H8O3.C3H6.C2H5NO2.C2H6O2/c1-6(2,3)4-5-7;1-7-2-3(8)6-4(7)5;4-1-3(6)2-5;1-3-2;3-1-2(4)5;3-1-2-4/h7H,4-5H2,1-3H3;2H2,1H3,(H2,5,6,8);3-6H,1-2H2;3H,1H2,2H3;1,3H2,(H,4,5);3-4H,1-2H2/q+1;;;;;. The molecule has 11 N–H and O–H groups in total. The summed E-state index contributed by atoms with van der Waals surface area (Å²) in [6.07, 6.45) is 0.796. The quantitative estimate of drug-likeness (QED) is 0.128. The van der Waals surface area contributed by atoms with Crippen LogP contribution in [0.15, 0.2) is 12.7 Å². The molecule has 0 aliphatic carbocycles. The van der Waals surface area contributed by atoms with Gasteiger partial charge in [0.2, 0.25) is 5.91 Å². The molecule has 1 heterocycles.